The SMILES string of the molecule is N#CC1=C/CC\C=C(Nc2ncnc(Oc3ccc(F)cc3)c2O)/C=C\1. The zero-order valence-electron chi connectivity index (χ0n) is 13.7. The summed E-state index contributed by atoms with van der Waals surface area (Å²) in [5.41, 5.74) is 1.26. The number of nitriles is 1. The number of nitrogens with one attached hydrogen (secondary N) is 1. The van der Waals surface area contributed by atoms with Gasteiger partial charge in [-0.1, -0.05) is 12.2 Å². The largest absolute Gasteiger partial charge is 0.501 e. The summed E-state index contributed by atoms with van der Waals surface area (Å²) in [4.78, 5) is 7.92. The van der Waals surface area contributed by atoms with E-state index in [0.717, 1.165) is 12.8 Å². The number of ether oxygens (including phenoxy) is 1. The molecule has 6 nitrogen and oxygen atoms in total. The molecule has 0 saturated carbocycles. The van der Waals surface area contributed by atoms with Gasteiger partial charge in [0.1, 0.15) is 17.9 Å². The van der Waals surface area contributed by atoms with Crippen molar-refractivity contribution in [2.45, 2.75) is 12.8 Å². The number of benzene rings is 1. The molecule has 0 spiro atoms. The molecule has 1 aromatic heterocycles. The molecular formula is C19H15FN4O2. The predicted octanol–water partition coefficient (Wildman–Crippen LogP) is 4.21. The van der Waals surface area contributed by atoms with Crippen molar-refractivity contribution in [1.82, 2.24) is 9.97 Å². The number of allylic oxidation sites excluding steroid dienone is 5. The molecule has 2 aromatic rings. The quantitative estimate of drug-likeness (QED) is 0.858. The van der Waals surface area contributed by atoms with Gasteiger partial charge in [-0.2, -0.15) is 10.2 Å². The Morgan fingerprint density at radius 3 is 2.65 bits per heavy atom. The van der Waals surface area contributed by atoms with Crippen molar-refractivity contribution in [1.29, 1.82) is 5.26 Å². The van der Waals surface area contributed by atoms with Gasteiger partial charge >= 0.3 is 0 Å². The normalized spacial score (nSPS) is 18.9. The van der Waals surface area contributed by atoms with Gasteiger partial charge in [0.05, 0.1) is 6.07 Å². The summed E-state index contributed by atoms with van der Waals surface area (Å²) in [6, 6.07) is 7.46. The van der Waals surface area contributed by atoms with Crippen molar-refractivity contribution in [2.75, 3.05) is 5.32 Å². The number of aromatic hydroxyl groups is 1. The first kappa shape index (κ1) is 17.2. The summed E-state index contributed by atoms with van der Waals surface area (Å²) >= 11 is 0. The van der Waals surface area contributed by atoms with Crippen LogP contribution in [0.15, 0.2) is 66.2 Å². The fourth-order valence-corrected chi connectivity index (χ4v) is 2.25. The fraction of sp³-hybridized carbons (Fsp3) is 0.105. The Kier molecular flexibility index (Phi) is 5.25. The van der Waals surface area contributed by atoms with Crippen LogP contribution in [0.1, 0.15) is 12.8 Å². The maximum Gasteiger partial charge on any atom is 0.267 e. The highest BCUT2D eigenvalue weighted by atomic mass is 19.1. The molecule has 0 amide bonds. The Morgan fingerprint density at radius 2 is 1.88 bits per heavy atom. The number of nitrogens with zero attached hydrogens (tertiary/aromatic N) is 3. The molecule has 0 saturated heterocycles. The van der Waals surface area contributed by atoms with Crippen molar-refractivity contribution in [3.63, 3.8) is 0 Å². The van der Waals surface area contributed by atoms with E-state index < -0.39 is 0 Å². The second-order valence-electron chi connectivity index (χ2n) is 5.40. The maximum absolute atomic E-state index is 13.0. The van der Waals surface area contributed by atoms with Gasteiger partial charge < -0.3 is 15.2 Å². The summed E-state index contributed by atoms with van der Waals surface area (Å²) in [5.74, 6) is -0.219. The van der Waals surface area contributed by atoms with E-state index in [-0.39, 0.29) is 23.3 Å². The Labute approximate surface area is 149 Å². The van der Waals surface area contributed by atoms with Gasteiger partial charge in [-0.15, -0.1) is 0 Å². The molecule has 1 aliphatic carbocycles. The number of hydrogen-bond donors (Lipinski definition) is 2. The summed E-state index contributed by atoms with van der Waals surface area (Å²) < 4.78 is 18.4. The van der Waals surface area contributed by atoms with Gasteiger partial charge in [-0.3, -0.25) is 0 Å². The first-order valence-electron chi connectivity index (χ1n) is 7.88. The summed E-state index contributed by atoms with van der Waals surface area (Å²) in [6.07, 6.45) is 9.94. The third-order valence-corrected chi connectivity index (χ3v) is 3.55. The first-order valence-corrected chi connectivity index (χ1v) is 7.88. The highest BCUT2D eigenvalue weighted by Crippen LogP contribution is 2.33. The Hall–Kier alpha value is -3.66. The topological polar surface area (TPSA) is 91.1 Å². The molecule has 7 heteroatoms. The predicted molar refractivity (Wildman–Crippen MR) is 93.9 cm³/mol. The smallest absolute Gasteiger partial charge is 0.267 e. The molecule has 0 radical (unpaired) electrons. The Morgan fingerprint density at radius 1 is 1.12 bits per heavy atom. The van der Waals surface area contributed by atoms with Crippen LogP contribution in [0.25, 0.3) is 0 Å². The lowest BCUT2D eigenvalue weighted by Gasteiger charge is -2.12. The van der Waals surface area contributed by atoms with Gasteiger partial charge in [-0.05, 0) is 49.3 Å². The van der Waals surface area contributed by atoms with Gasteiger partial charge in [0.25, 0.3) is 5.88 Å². The van der Waals surface area contributed by atoms with E-state index in [4.69, 9.17) is 10.00 Å². The minimum Gasteiger partial charge on any atom is -0.501 e. The maximum atomic E-state index is 13.0. The number of anilines is 1. The van der Waals surface area contributed by atoms with Crippen LogP contribution in [0.4, 0.5) is 10.2 Å². The Balaban J connectivity index is 1.80. The van der Waals surface area contributed by atoms with Gasteiger partial charge in [0.2, 0.25) is 5.75 Å². The molecular weight excluding hydrogens is 335 g/mol. The minimum atomic E-state index is -0.389. The summed E-state index contributed by atoms with van der Waals surface area (Å²) in [6.45, 7) is 0. The molecule has 130 valence electrons. The van der Waals surface area contributed by atoms with Crippen molar-refractivity contribution >= 4 is 5.82 Å². The van der Waals surface area contributed by atoms with Crippen LogP contribution in [-0.4, -0.2) is 15.1 Å². The zero-order valence-corrected chi connectivity index (χ0v) is 13.7. The lowest BCUT2D eigenvalue weighted by molar-refractivity contribution is 0.396. The van der Waals surface area contributed by atoms with Crippen LogP contribution in [0.5, 0.6) is 17.4 Å². The number of halogens is 1. The first-order chi connectivity index (χ1) is 12.7. The second-order valence-corrected chi connectivity index (χ2v) is 5.40. The fourth-order valence-electron chi connectivity index (χ4n) is 2.25. The number of hydrogen-bond acceptors (Lipinski definition) is 6. The molecule has 1 heterocycles. The third-order valence-electron chi connectivity index (χ3n) is 3.55. The molecule has 0 aliphatic heterocycles. The van der Waals surface area contributed by atoms with E-state index in [2.05, 4.69) is 21.4 Å². The Bertz CT molecular complexity index is 928. The van der Waals surface area contributed by atoms with E-state index in [9.17, 15) is 9.50 Å². The van der Waals surface area contributed by atoms with Crippen molar-refractivity contribution in [3.05, 3.63) is 72.0 Å². The summed E-state index contributed by atoms with van der Waals surface area (Å²) in [7, 11) is 0. The summed E-state index contributed by atoms with van der Waals surface area (Å²) in [5, 5.41) is 22.4. The zero-order chi connectivity index (χ0) is 18.4. The van der Waals surface area contributed by atoms with Gasteiger partial charge in [0.15, 0.2) is 5.82 Å². The molecule has 0 bridgehead atoms. The van der Waals surface area contributed by atoms with Crippen molar-refractivity contribution in [2.24, 2.45) is 0 Å². The lowest BCUT2D eigenvalue weighted by Crippen LogP contribution is -2.02. The van der Waals surface area contributed by atoms with Crippen LogP contribution in [0, 0.1) is 17.1 Å². The minimum absolute atomic E-state index is 0.0536. The van der Waals surface area contributed by atoms with Crippen LogP contribution >= 0.6 is 0 Å². The van der Waals surface area contributed by atoms with Crippen LogP contribution < -0.4 is 10.1 Å². The van der Waals surface area contributed by atoms with Crippen molar-refractivity contribution in [3.8, 4) is 23.4 Å². The standard InChI is InChI=1S/C19H15FN4O2/c20-14-6-9-16(10-7-14)26-19-17(25)18(22-12-23-19)24-15-4-2-1-3-13(11-21)5-8-15/h3-10,12,25H,1-2H2,(H,22,23,24)/b8-5-,13-3+,15-4+. The van der Waals surface area contributed by atoms with Crippen LogP contribution in [0.3, 0.4) is 0 Å². The molecule has 0 unspecified atom stereocenters. The molecule has 1 aromatic carbocycles. The third kappa shape index (κ3) is 4.24. The molecule has 2 N–H and O–H groups in total. The molecule has 1 aliphatic rings. The lowest BCUT2D eigenvalue weighted by atomic mass is 10.1. The van der Waals surface area contributed by atoms with E-state index in [1.165, 1.54) is 30.6 Å². The number of rotatable bonds is 4. The molecule has 3 rings (SSSR count). The number of aromatic nitrogens is 2. The molecule has 26 heavy (non-hydrogen) atoms. The van der Waals surface area contributed by atoms with E-state index in [1.54, 1.807) is 12.2 Å². The van der Waals surface area contributed by atoms with Gasteiger partial charge in [0, 0.05) is 11.3 Å². The van der Waals surface area contributed by atoms with Crippen LogP contribution in [-0.2, 0) is 0 Å². The molecule has 0 atom stereocenters. The van der Waals surface area contributed by atoms with E-state index >= 15 is 0 Å². The average molecular weight is 350 g/mol. The van der Waals surface area contributed by atoms with Crippen molar-refractivity contribution < 1.29 is 14.2 Å². The van der Waals surface area contributed by atoms with E-state index in [1.807, 2.05) is 12.2 Å². The highest BCUT2D eigenvalue weighted by molar-refractivity contribution is 5.59. The van der Waals surface area contributed by atoms with Gasteiger partial charge in [-0.25, -0.2) is 9.37 Å². The second kappa shape index (κ2) is 7.94. The highest BCUT2D eigenvalue weighted by Gasteiger charge is 2.13. The van der Waals surface area contributed by atoms with Crippen LogP contribution in [0.2, 0.25) is 0 Å². The monoisotopic (exact) mass is 350 g/mol. The average Bonchev–Trinajstić information content (AvgIpc) is 2.63. The van der Waals surface area contributed by atoms with E-state index in [0.29, 0.717) is 17.0 Å². The molecule has 0 fully saturated rings.